The summed E-state index contributed by atoms with van der Waals surface area (Å²) in [6.07, 6.45) is 5.26. The van der Waals surface area contributed by atoms with Gasteiger partial charge in [-0.15, -0.1) is 0 Å². The zero-order valence-corrected chi connectivity index (χ0v) is 8.64. The molecule has 0 saturated carbocycles. The van der Waals surface area contributed by atoms with Crippen LogP contribution in [0.5, 0.6) is 5.88 Å². The van der Waals surface area contributed by atoms with Crippen molar-refractivity contribution in [1.29, 1.82) is 0 Å². The molecule has 0 aliphatic carbocycles. The van der Waals surface area contributed by atoms with Crippen molar-refractivity contribution in [2.75, 3.05) is 12.5 Å². The van der Waals surface area contributed by atoms with Crippen LogP contribution in [0.1, 0.15) is 5.56 Å². The molecule has 0 spiro atoms. The highest BCUT2D eigenvalue weighted by molar-refractivity contribution is 5.47. The van der Waals surface area contributed by atoms with Crippen molar-refractivity contribution in [2.45, 2.75) is 6.92 Å². The topological polar surface area (TPSA) is 52.0 Å². The van der Waals surface area contributed by atoms with Crippen molar-refractivity contribution < 1.29 is 4.74 Å². The number of rotatable bonds is 3. The minimum absolute atomic E-state index is 0.583. The van der Waals surface area contributed by atoms with Crippen LogP contribution >= 0.6 is 0 Å². The Balaban J connectivity index is 2.29. The van der Waals surface area contributed by atoms with Gasteiger partial charge in [-0.05, 0) is 19.1 Å². The van der Waals surface area contributed by atoms with Gasteiger partial charge >= 0.3 is 0 Å². The Kier molecular flexibility index (Phi) is 2.53. The molecule has 78 valence electrons. The molecule has 15 heavy (non-hydrogen) atoms. The highest BCUT2D eigenvalue weighted by Crippen LogP contribution is 2.19. The van der Waals surface area contributed by atoms with Gasteiger partial charge in [-0.1, -0.05) is 0 Å². The zero-order valence-electron chi connectivity index (χ0n) is 8.64. The standard InChI is InChI=1S/C10H12N4O/c1-8-9(11-7-12-10(8)15-2)13-14-5-3-4-6-14/h3-7H,1-2H3,(H,11,12,13). The fourth-order valence-corrected chi connectivity index (χ4v) is 1.28. The largest absolute Gasteiger partial charge is 0.481 e. The quantitative estimate of drug-likeness (QED) is 0.822. The Morgan fingerprint density at radius 2 is 2.00 bits per heavy atom. The summed E-state index contributed by atoms with van der Waals surface area (Å²) in [5.74, 6) is 1.32. The molecule has 0 bridgehead atoms. The first kappa shape index (κ1) is 9.51. The van der Waals surface area contributed by atoms with E-state index in [1.807, 2.05) is 36.1 Å². The van der Waals surface area contributed by atoms with Crippen molar-refractivity contribution >= 4 is 5.82 Å². The number of ether oxygens (including phenoxy) is 1. The van der Waals surface area contributed by atoms with Gasteiger partial charge in [-0.3, -0.25) is 10.1 Å². The van der Waals surface area contributed by atoms with Crippen LogP contribution in [0, 0.1) is 6.92 Å². The van der Waals surface area contributed by atoms with Crippen LogP contribution in [-0.2, 0) is 0 Å². The molecular formula is C10H12N4O. The number of methoxy groups -OCH3 is 1. The Morgan fingerprint density at radius 3 is 2.67 bits per heavy atom. The van der Waals surface area contributed by atoms with Gasteiger partial charge in [0.2, 0.25) is 5.88 Å². The van der Waals surface area contributed by atoms with E-state index in [4.69, 9.17) is 4.74 Å². The monoisotopic (exact) mass is 204 g/mol. The van der Waals surface area contributed by atoms with Gasteiger partial charge in [0.05, 0.1) is 12.7 Å². The molecule has 2 aromatic heterocycles. The molecule has 5 heteroatoms. The Bertz CT molecular complexity index is 439. The van der Waals surface area contributed by atoms with E-state index in [0.717, 1.165) is 11.4 Å². The van der Waals surface area contributed by atoms with Crippen molar-refractivity contribution in [2.24, 2.45) is 0 Å². The maximum absolute atomic E-state index is 5.10. The van der Waals surface area contributed by atoms with Crippen LogP contribution in [0.15, 0.2) is 30.9 Å². The van der Waals surface area contributed by atoms with Crippen molar-refractivity contribution in [3.8, 4) is 5.88 Å². The summed E-state index contributed by atoms with van der Waals surface area (Å²) in [5, 5.41) is 0. The Morgan fingerprint density at radius 1 is 1.27 bits per heavy atom. The first-order chi connectivity index (χ1) is 7.31. The molecule has 2 aromatic rings. The van der Waals surface area contributed by atoms with E-state index in [2.05, 4.69) is 15.4 Å². The summed E-state index contributed by atoms with van der Waals surface area (Å²) in [6.45, 7) is 1.91. The number of hydrogen-bond donors (Lipinski definition) is 1. The zero-order chi connectivity index (χ0) is 10.7. The van der Waals surface area contributed by atoms with Gasteiger partial charge in [0.1, 0.15) is 6.33 Å². The normalized spacial score (nSPS) is 10.0. The summed E-state index contributed by atoms with van der Waals surface area (Å²) in [7, 11) is 1.59. The van der Waals surface area contributed by atoms with E-state index in [9.17, 15) is 0 Å². The molecule has 0 radical (unpaired) electrons. The lowest BCUT2D eigenvalue weighted by Crippen LogP contribution is -2.09. The molecule has 0 aromatic carbocycles. The molecule has 0 aliphatic heterocycles. The number of aromatic nitrogens is 3. The van der Waals surface area contributed by atoms with Crippen molar-refractivity contribution in [3.63, 3.8) is 0 Å². The Labute approximate surface area is 87.7 Å². The second kappa shape index (κ2) is 4.00. The minimum atomic E-state index is 0.583. The lowest BCUT2D eigenvalue weighted by Gasteiger charge is -2.10. The molecule has 2 heterocycles. The first-order valence-electron chi connectivity index (χ1n) is 4.57. The molecule has 0 atom stereocenters. The smallest absolute Gasteiger partial charge is 0.221 e. The molecule has 0 aliphatic rings. The summed E-state index contributed by atoms with van der Waals surface area (Å²) in [5.41, 5.74) is 4.00. The predicted molar refractivity (Wildman–Crippen MR) is 56.8 cm³/mol. The predicted octanol–water partition coefficient (Wildman–Crippen LogP) is 1.47. The van der Waals surface area contributed by atoms with Crippen LogP contribution in [0.4, 0.5) is 5.82 Å². The number of nitrogens with one attached hydrogen (secondary N) is 1. The van der Waals surface area contributed by atoms with Gasteiger partial charge in [0.25, 0.3) is 0 Å². The third-order valence-electron chi connectivity index (χ3n) is 2.07. The maximum atomic E-state index is 5.10. The van der Waals surface area contributed by atoms with Gasteiger partial charge in [0, 0.05) is 12.4 Å². The summed E-state index contributed by atoms with van der Waals surface area (Å²) in [6, 6.07) is 3.86. The fraction of sp³-hybridized carbons (Fsp3) is 0.200. The van der Waals surface area contributed by atoms with Crippen LogP contribution in [-0.4, -0.2) is 21.8 Å². The second-order valence-corrected chi connectivity index (χ2v) is 3.06. The first-order valence-corrected chi connectivity index (χ1v) is 4.57. The van der Waals surface area contributed by atoms with Crippen LogP contribution in [0.3, 0.4) is 0 Å². The minimum Gasteiger partial charge on any atom is -0.481 e. The van der Waals surface area contributed by atoms with E-state index < -0.39 is 0 Å². The summed E-state index contributed by atoms with van der Waals surface area (Å²) in [4.78, 5) is 8.14. The van der Waals surface area contributed by atoms with Crippen LogP contribution < -0.4 is 10.2 Å². The van der Waals surface area contributed by atoms with Crippen LogP contribution in [0.2, 0.25) is 0 Å². The SMILES string of the molecule is COc1ncnc(Nn2cccc2)c1C. The second-order valence-electron chi connectivity index (χ2n) is 3.06. The average molecular weight is 204 g/mol. The van der Waals surface area contributed by atoms with Crippen LogP contribution in [0.25, 0.3) is 0 Å². The van der Waals surface area contributed by atoms with Crippen molar-refractivity contribution in [3.05, 3.63) is 36.4 Å². The lowest BCUT2D eigenvalue weighted by atomic mass is 10.3. The van der Waals surface area contributed by atoms with E-state index in [-0.39, 0.29) is 0 Å². The van der Waals surface area contributed by atoms with E-state index in [0.29, 0.717) is 5.88 Å². The summed E-state index contributed by atoms with van der Waals surface area (Å²) < 4.78 is 6.92. The van der Waals surface area contributed by atoms with E-state index in [1.54, 1.807) is 7.11 Å². The van der Waals surface area contributed by atoms with Gasteiger partial charge in [-0.2, -0.15) is 0 Å². The molecule has 5 nitrogen and oxygen atoms in total. The molecule has 0 fully saturated rings. The summed E-state index contributed by atoms with van der Waals surface area (Å²) >= 11 is 0. The van der Waals surface area contributed by atoms with E-state index >= 15 is 0 Å². The molecule has 1 N–H and O–H groups in total. The maximum Gasteiger partial charge on any atom is 0.221 e. The fourth-order valence-electron chi connectivity index (χ4n) is 1.28. The third kappa shape index (κ3) is 1.90. The molecule has 0 unspecified atom stereocenters. The molecule has 0 amide bonds. The highest BCUT2D eigenvalue weighted by atomic mass is 16.5. The third-order valence-corrected chi connectivity index (χ3v) is 2.07. The Hall–Kier alpha value is -2.04. The highest BCUT2D eigenvalue weighted by Gasteiger charge is 2.06. The van der Waals surface area contributed by atoms with Gasteiger partial charge in [-0.25, -0.2) is 9.97 Å². The number of hydrogen-bond acceptors (Lipinski definition) is 4. The molecular weight excluding hydrogens is 192 g/mol. The van der Waals surface area contributed by atoms with Gasteiger partial charge in [0.15, 0.2) is 5.82 Å². The van der Waals surface area contributed by atoms with Crippen molar-refractivity contribution in [1.82, 2.24) is 14.6 Å². The number of anilines is 1. The molecule has 2 rings (SSSR count). The lowest BCUT2D eigenvalue weighted by molar-refractivity contribution is 0.393. The van der Waals surface area contributed by atoms with E-state index in [1.165, 1.54) is 6.33 Å². The molecule has 0 saturated heterocycles. The van der Waals surface area contributed by atoms with Gasteiger partial charge < -0.3 is 4.74 Å². The number of nitrogens with zero attached hydrogens (tertiary/aromatic N) is 3. The average Bonchev–Trinajstić information content (AvgIpc) is 2.74.